The Morgan fingerprint density at radius 2 is 2.09 bits per heavy atom. The summed E-state index contributed by atoms with van der Waals surface area (Å²) in [6.07, 6.45) is 2.89. The third kappa shape index (κ3) is 3.99. The first-order chi connectivity index (χ1) is 11.1. The monoisotopic (exact) mass is 312 g/mol. The highest BCUT2D eigenvalue weighted by Crippen LogP contribution is 2.19. The van der Waals surface area contributed by atoms with Gasteiger partial charge in [0.05, 0.1) is 0 Å². The van der Waals surface area contributed by atoms with Crippen LogP contribution in [0.2, 0.25) is 0 Å². The molecule has 1 aromatic carbocycles. The van der Waals surface area contributed by atoms with Crippen molar-refractivity contribution in [3.63, 3.8) is 0 Å². The molecule has 1 aliphatic rings. The molecule has 5 nitrogen and oxygen atoms in total. The van der Waals surface area contributed by atoms with Crippen LogP contribution in [0.15, 0.2) is 42.6 Å². The van der Waals surface area contributed by atoms with Gasteiger partial charge in [-0.2, -0.15) is 5.10 Å². The fourth-order valence-corrected chi connectivity index (χ4v) is 3.09. The van der Waals surface area contributed by atoms with Gasteiger partial charge in [0.25, 0.3) is 5.91 Å². The molecule has 1 N–H and O–H groups in total. The lowest BCUT2D eigenvalue weighted by molar-refractivity contribution is 0.0848. The summed E-state index contributed by atoms with van der Waals surface area (Å²) in [4.78, 5) is 14.7. The number of amides is 1. The topological polar surface area (TPSA) is 50.2 Å². The molecule has 1 saturated heterocycles. The molecular weight excluding hydrogens is 288 g/mol. The van der Waals surface area contributed by atoms with E-state index in [4.69, 9.17) is 0 Å². The molecule has 2 atom stereocenters. The van der Waals surface area contributed by atoms with Crippen LogP contribution in [0.1, 0.15) is 29.4 Å². The first kappa shape index (κ1) is 15.7. The Labute approximate surface area is 137 Å². The first-order valence-corrected chi connectivity index (χ1v) is 8.18. The second-order valence-corrected chi connectivity index (χ2v) is 6.44. The summed E-state index contributed by atoms with van der Waals surface area (Å²) in [6, 6.07) is 12.4. The lowest BCUT2D eigenvalue weighted by Crippen LogP contribution is -2.51. The van der Waals surface area contributed by atoms with Gasteiger partial charge in [0, 0.05) is 32.4 Å². The molecule has 0 bridgehead atoms. The Kier molecular flexibility index (Phi) is 4.76. The van der Waals surface area contributed by atoms with Gasteiger partial charge in [0.1, 0.15) is 5.69 Å². The van der Waals surface area contributed by atoms with Gasteiger partial charge < -0.3 is 5.32 Å². The first-order valence-electron chi connectivity index (χ1n) is 8.18. The van der Waals surface area contributed by atoms with Crippen LogP contribution < -0.4 is 5.32 Å². The maximum Gasteiger partial charge on any atom is 0.272 e. The number of hydrogen-bond donors (Lipinski definition) is 1. The standard InChI is InChI=1S/C18H24N4O/c1-14-8-11-22(12-15-6-4-3-5-7-15)13-17(14)19-18(23)16-9-10-21(2)20-16/h3-7,9-10,14,17H,8,11-13H2,1-2H3,(H,19,23). The maximum atomic E-state index is 12.3. The summed E-state index contributed by atoms with van der Waals surface area (Å²) in [6.45, 7) is 5.10. The molecule has 5 heteroatoms. The highest BCUT2D eigenvalue weighted by atomic mass is 16.2. The zero-order chi connectivity index (χ0) is 16.2. The van der Waals surface area contributed by atoms with Gasteiger partial charge in [-0.05, 0) is 30.5 Å². The molecule has 2 unspecified atom stereocenters. The van der Waals surface area contributed by atoms with Crippen LogP contribution in [0, 0.1) is 5.92 Å². The van der Waals surface area contributed by atoms with E-state index in [0.717, 1.165) is 26.1 Å². The molecule has 2 heterocycles. The summed E-state index contributed by atoms with van der Waals surface area (Å²) < 4.78 is 1.65. The smallest absolute Gasteiger partial charge is 0.272 e. The van der Waals surface area contributed by atoms with Crippen molar-refractivity contribution < 1.29 is 4.79 Å². The molecule has 1 aromatic heterocycles. The van der Waals surface area contributed by atoms with Gasteiger partial charge >= 0.3 is 0 Å². The lowest BCUT2D eigenvalue weighted by atomic mass is 9.93. The molecule has 1 amide bonds. The number of nitrogens with one attached hydrogen (secondary N) is 1. The minimum absolute atomic E-state index is 0.0796. The second-order valence-electron chi connectivity index (χ2n) is 6.44. The van der Waals surface area contributed by atoms with E-state index in [1.807, 2.05) is 13.1 Å². The van der Waals surface area contributed by atoms with E-state index in [2.05, 4.69) is 46.5 Å². The Morgan fingerprint density at radius 3 is 2.78 bits per heavy atom. The van der Waals surface area contributed by atoms with Crippen LogP contribution in [-0.4, -0.2) is 39.7 Å². The predicted octanol–water partition coefficient (Wildman–Crippen LogP) is 2.06. The number of aryl methyl sites for hydroxylation is 1. The predicted molar refractivity (Wildman–Crippen MR) is 90.0 cm³/mol. The molecule has 0 aliphatic carbocycles. The van der Waals surface area contributed by atoms with Gasteiger partial charge in [-0.3, -0.25) is 14.4 Å². The molecular formula is C18H24N4O. The Hall–Kier alpha value is -2.14. The van der Waals surface area contributed by atoms with Gasteiger partial charge in [0.15, 0.2) is 0 Å². The van der Waals surface area contributed by atoms with Gasteiger partial charge in [-0.15, -0.1) is 0 Å². The van der Waals surface area contributed by atoms with Crippen molar-refractivity contribution in [2.24, 2.45) is 13.0 Å². The maximum absolute atomic E-state index is 12.3. The van der Waals surface area contributed by atoms with Crippen LogP contribution >= 0.6 is 0 Å². The van der Waals surface area contributed by atoms with Crippen LogP contribution in [0.5, 0.6) is 0 Å². The number of rotatable bonds is 4. The van der Waals surface area contributed by atoms with E-state index in [1.54, 1.807) is 16.9 Å². The highest BCUT2D eigenvalue weighted by molar-refractivity contribution is 5.92. The van der Waals surface area contributed by atoms with Crippen LogP contribution in [0.25, 0.3) is 0 Å². The number of carbonyl (C=O) groups is 1. The Morgan fingerprint density at radius 1 is 1.30 bits per heavy atom. The third-order valence-corrected chi connectivity index (χ3v) is 4.55. The van der Waals surface area contributed by atoms with Crippen LogP contribution in [0.3, 0.4) is 0 Å². The van der Waals surface area contributed by atoms with Crippen molar-refractivity contribution in [1.29, 1.82) is 0 Å². The third-order valence-electron chi connectivity index (χ3n) is 4.55. The number of carbonyl (C=O) groups excluding carboxylic acids is 1. The van der Waals surface area contributed by atoms with Crippen molar-refractivity contribution in [2.75, 3.05) is 13.1 Å². The summed E-state index contributed by atoms with van der Waals surface area (Å²) in [5, 5.41) is 7.34. The number of likely N-dealkylation sites (tertiary alicyclic amines) is 1. The largest absolute Gasteiger partial charge is 0.346 e. The molecule has 122 valence electrons. The molecule has 0 saturated carbocycles. The highest BCUT2D eigenvalue weighted by Gasteiger charge is 2.28. The van der Waals surface area contributed by atoms with Crippen molar-refractivity contribution >= 4 is 5.91 Å². The van der Waals surface area contributed by atoms with Crippen molar-refractivity contribution in [3.8, 4) is 0 Å². The molecule has 2 aromatic rings. The Bertz CT molecular complexity index is 652. The zero-order valence-corrected chi connectivity index (χ0v) is 13.8. The molecule has 0 radical (unpaired) electrons. The number of hydrogen-bond acceptors (Lipinski definition) is 3. The molecule has 23 heavy (non-hydrogen) atoms. The number of aromatic nitrogens is 2. The number of nitrogens with zero attached hydrogens (tertiary/aromatic N) is 3. The molecule has 3 rings (SSSR count). The zero-order valence-electron chi connectivity index (χ0n) is 13.8. The summed E-state index contributed by atoms with van der Waals surface area (Å²) in [5.41, 5.74) is 1.80. The Balaban J connectivity index is 1.60. The van der Waals surface area contributed by atoms with E-state index in [9.17, 15) is 4.79 Å². The second kappa shape index (κ2) is 6.96. The summed E-state index contributed by atoms with van der Waals surface area (Å²) in [5.74, 6) is 0.402. The van der Waals surface area contributed by atoms with Crippen molar-refractivity contribution in [3.05, 3.63) is 53.9 Å². The summed E-state index contributed by atoms with van der Waals surface area (Å²) in [7, 11) is 1.82. The summed E-state index contributed by atoms with van der Waals surface area (Å²) >= 11 is 0. The average molecular weight is 312 g/mol. The van der Waals surface area contributed by atoms with Gasteiger partial charge in [-0.25, -0.2) is 0 Å². The fourth-order valence-electron chi connectivity index (χ4n) is 3.09. The molecule has 1 aliphatic heterocycles. The van der Waals surface area contributed by atoms with E-state index >= 15 is 0 Å². The minimum atomic E-state index is -0.0796. The van der Waals surface area contributed by atoms with Gasteiger partial charge in [0.2, 0.25) is 0 Å². The van der Waals surface area contributed by atoms with Crippen molar-refractivity contribution in [2.45, 2.75) is 25.9 Å². The van der Waals surface area contributed by atoms with Crippen LogP contribution in [-0.2, 0) is 13.6 Å². The quantitative estimate of drug-likeness (QED) is 0.940. The molecule has 1 fully saturated rings. The average Bonchev–Trinajstić information content (AvgIpc) is 2.98. The normalized spacial score (nSPS) is 22.0. The fraction of sp³-hybridized carbons (Fsp3) is 0.444. The number of piperidine rings is 1. The van der Waals surface area contributed by atoms with E-state index in [0.29, 0.717) is 11.6 Å². The molecule has 0 spiro atoms. The van der Waals surface area contributed by atoms with E-state index < -0.39 is 0 Å². The minimum Gasteiger partial charge on any atom is -0.346 e. The van der Waals surface area contributed by atoms with E-state index in [1.165, 1.54) is 5.56 Å². The van der Waals surface area contributed by atoms with Gasteiger partial charge in [-0.1, -0.05) is 37.3 Å². The lowest BCUT2D eigenvalue weighted by Gasteiger charge is -2.37. The van der Waals surface area contributed by atoms with Crippen LogP contribution in [0.4, 0.5) is 0 Å². The van der Waals surface area contributed by atoms with Crippen molar-refractivity contribution in [1.82, 2.24) is 20.0 Å². The SMILES string of the molecule is CC1CCN(Cc2ccccc2)CC1NC(=O)c1ccn(C)n1. The number of benzene rings is 1. The van der Waals surface area contributed by atoms with E-state index in [-0.39, 0.29) is 11.9 Å².